The minimum absolute atomic E-state index is 0.130. The molecule has 4 rings (SSSR count). The number of halogens is 1. The number of carbonyl (C=O) groups is 1. The van der Waals surface area contributed by atoms with Gasteiger partial charge in [-0.2, -0.15) is 0 Å². The van der Waals surface area contributed by atoms with E-state index in [4.69, 9.17) is 0 Å². The van der Waals surface area contributed by atoms with Gasteiger partial charge in [-0.25, -0.2) is 4.39 Å². The Kier molecular flexibility index (Phi) is 3.64. The number of aromatic nitrogens is 1. The molecule has 3 nitrogen and oxygen atoms in total. The second-order valence-electron chi connectivity index (χ2n) is 6.86. The van der Waals surface area contributed by atoms with Gasteiger partial charge in [0.05, 0.1) is 5.41 Å². The molecule has 1 aliphatic rings. The van der Waals surface area contributed by atoms with Gasteiger partial charge in [-0.1, -0.05) is 12.1 Å². The molecule has 0 spiro atoms. The molecule has 3 aromatic rings. The molecule has 1 amide bonds. The van der Waals surface area contributed by atoms with Crippen molar-refractivity contribution < 1.29 is 9.18 Å². The van der Waals surface area contributed by atoms with Gasteiger partial charge in [0, 0.05) is 29.3 Å². The summed E-state index contributed by atoms with van der Waals surface area (Å²) in [7, 11) is 0. The molecule has 1 aromatic heterocycles. The molecule has 1 heterocycles. The van der Waals surface area contributed by atoms with E-state index in [2.05, 4.69) is 4.98 Å². The van der Waals surface area contributed by atoms with Crippen LogP contribution in [0.15, 0.2) is 48.7 Å². The number of nitrogens with zero attached hydrogens (tertiary/aromatic N) is 1. The van der Waals surface area contributed by atoms with E-state index in [0.29, 0.717) is 6.54 Å². The zero-order valence-electron chi connectivity index (χ0n) is 14.5. The molecule has 25 heavy (non-hydrogen) atoms. The molecule has 1 N–H and O–H groups in total. The van der Waals surface area contributed by atoms with E-state index in [1.165, 1.54) is 12.1 Å². The van der Waals surface area contributed by atoms with Gasteiger partial charge >= 0.3 is 0 Å². The number of hydrogen-bond donors (Lipinski definition) is 1. The molecular weight excluding hydrogens is 315 g/mol. The van der Waals surface area contributed by atoms with Crippen LogP contribution >= 0.6 is 0 Å². The molecule has 4 heteroatoms. The van der Waals surface area contributed by atoms with Gasteiger partial charge in [0.25, 0.3) is 0 Å². The second kappa shape index (κ2) is 5.73. The van der Waals surface area contributed by atoms with E-state index < -0.39 is 5.41 Å². The fourth-order valence-electron chi connectivity index (χ4n) is 3.72. The molecule has 2 aromatic carbocycles. The Bertz CT molecular complexity index is 955. The molecule has 0 unspecified atom stereocenters. The summed E-state index contributed by atoms with van der Waals surface area (Å²) in [5, 5.41) is 0.938. The fraction of sp³-hybridized carbons (Fsp3) is 0.286. The molecule has 0 aliphatic heterocycles. The maximum Gasteiger partial charge on any atom is 0.237 e. The number of H-pyrrole nitrogens is 1. The quantitative estimate of drug-likeness (QED) is 0.736. The van der Waals surface area contributed by atoms with Crippen LogP contribution in [-0.4, -0.2) is 17.4 Å². The van der Waals surface area contributed by atoms with Crippen molar-refractivity contribution in [1.29, 1.82) is 0 Å². The molecule has 1 fully saturated rings. The Hall–Kier alpha value is -2.62. The molecule has 1 saturated carbocycles. The minimum atomic E-state index is -0.490. The highest BCUT2D eigenvalue weighted by Gasteiger charge is 2.54. The summed E-state index contributed by atoms with van der Waals surface area (Å²) in [6, 6.07) is 12.7. The lowest BCUT2D eigenvalue weighted by Gasteiger charge is -2.26. The van der Waals surface area contributed by atoms with Crippen LogP contribution in [0, 0.1) is 12.7 Å². The average Bonchev–Trinajstić information content (AvgIpc) is 3.29. The molecule has 0 atom stereocenters. The molecule has 128 valence electrons. The number of nitrogens with one attached hydrogen (secondary N) is 1. The summed E-state index contributed by atoms with van der Waals surface area (Å²) >= 11 is 0. The lowest BCUT2D eigenvalue weighted by Crippen LogP contribution is -2.39. The van der Waals surface area contributed by atoms with Crippen molar-refractivity contribution in [3.8, 4) is 0 Å². The van der Waals surface area contributed by atoms with Gasteiger partial charge < -0.3 is 9.88 Å². The second-order valence-corrected chi connectivity index (χ2v) is 6.86. The third-order valence-corrected chi connectivity index (χ3v) is 5.19. The van der Waals surface area contributed by atoms with E-state index in [0.717, 1.165) is 40.6 Å². The van der Waals surface area contributed by atoms with Crippen LogP contribution in [0.2, 0.25) is 0 Å². The van der Waals surface area contributed by atoms with Gasteiger partial charge in [-0.3, -0.25) is 4.79 Å². The number of amides is 1. The van der Waals surface area contributed by atoms with Crippen molar-refractivity contribution in [3.63, 3.8) is 0 Å². The molecular formula is C21H21FN2O. The topological polar surface area (TPSA) is 36.1 Å². The lowest BCUT2D eigenvalue weighted by atomic mass is 9.93. The van der Waals surface area contributed by atoms with Gasteiger partial charge in [-0.05, 0) is 68.1 Å². The fourth-order valence-corrected chi connectivity index (χ4v) is 3.72. The predicted molar refractivity (Wildman–Crippen MR) is 98.4 cm³/mol. The summed E-state index contributed by atoms with van der Waals surface area (Å²) < 4.78 is 13.5. The zero-order chi connectivity index (χ0) is 17.6. The highest BCUT2D eigenvalue weighted by Crippen LogP contribution is 2.52. The summed E-state index contributed by atoms with van der Waals surface area (Å²) in [4.78, 5) is 18.4. The summed E-state index contributed by atoms with van der Waals surface area (Å²) in [6.45, 7) is 4.66. The number of anilines is 1. The number of fused-ring (bicyclic) bond motifs is 1. The average molecular weight is 336 g/mol. The van der Waals surface area contributed by atoms with E-state index in [9.17, 15) is 9.18 Å². The van der Waals surface area contributed by atoms with Crippen LogP contribution in [0.5, 0.6) is 0 Å². The number of rotatable bonds is 4. The monoisotopic (exact) mass is 336 g/mol. The molecule has 1 aliphatic carbocycles. The Morgan fingerprint density at radius 3 is 2.72 bits per heavy atom. The van der Waals surface area contributed by atoms with E-state index in [1.807, 2.05) is 49.2 Å². The third-order valence-electron chi connectivity index (χ3n) is 5.19. The number of likely N-dealkylation sites (N-methyl/N-ethyl adjacent to an activating group) is 1. The number of carbonyl (C=O) groups excluding carboxylic acids is 1. The standard InChI is InChI=1S/C21H21FN2O/c1-3-24(16-6-4-5-14(2)11-16)20(25)21(9-10-21)18-13-23-19-12-15(22)7-8-17(18)19/h4-8,11-13,23H,3,9-10H2,1-2H3. The predicted octanol–water partition coefficient (Wildman–Crippen LogP) is 4.70. The normalized spacial score (nSPS) is 15.3. The van der Waals surface area contributed by atoms with Crippen molar-refractivity contribution in [2.24, 2.45) is 0 Å². The van der Waals surface area contributed by atoms with Crippen LogP contribution in [0.3, 0.4) is 0 Å². The smallest absolute Gasteiger partial charge is 0.237 e. The first-order valence-corrected chi connectivity index (χ1v) is 8.71. The van der Waals surface area contributed by atoms with Crippen molar-refractivity contribution >= 4 is 22.5 Å². The lowest BCUT2D eigenvalue weighted by molar-refractivity contribution is -0.120. The first-order valence-electron chi connectivity index (χ1n) is 8.71. The molecule has 0 radical (unpaired) electrons. The van der Waals surface area contributed by atoms with Crippen LogP contribution in [0.25, 0.3) is 10.9 Å². The first-order chi connectivity index (χ1) is 12.0. The highest BCUT2D eigenvalue weighted by atomic mass is 19.1. The number of aromatic amines is 1. The van der Waals surface area contributed by atoms with Crippen LogP contribution in [-0.2, 0) is 10.2 Å². The highest BCUT2D eigenvalue weighted by molar-refractivity contribution is 6.06. The van der Waals surface area contributed by atoms with Crippen LogP contribution in [0.1, 0.15) is 30.9 Å². The van der Waals surface area contributed by atoms with Crippen molar-refractivity contribution in [3.05, 3.63) is 65.6 Å². The van der Waals surface area contributed by atoms with E-state index in [-0.39, 0.29) is 11.7 Å². The third kappa shape index (κ3) is 2.53. The Morgan fingerprint density at radius 2 is 2.04 bits per heavy atom. The first kappa shape index (κ1) is 15.9. The number of benzene rings is 2. The summed E-state index contributed by atoms with van der Waals surface area (Å²) in [6.07, 6.45) is 3.54. The van der Waals surface area contributed by atoms with Crippen molar-refractivity contribution in [1.82, 2.24) is 4.98 Å². The van der Waals surface area contributed by atoms with Crippen LogP contribution in [0.4, 0.5) is 10.1 Å². The number of hydrogen-bond acceptors (Lipinski definition) is 1. The van der Waals surface area contributed by atoms with E-state index in [1.54, 1.807) is 6.07 Å². The maximum atomic E-state index is 13.5. The Labute approximate surface area is 146 Å². The SMILES string of the molecule is CCN(C(=O)C1(c2c[nH]c3cc(F)ccc23)CC1)c1cccc(C)c1. The molecule has 0 saturated heterocycles. The van der Waals surface area contributed by atoms with Gasteiger partial charge in [0.1, 0.15) is 5.82 Å². The largest absolute Gasteiger partial charge is 0.361 e. The summed E-state index contributed by atoms with van der Waals surface area (Å²) in [5.74, 6) is -0.141. The van der Waals surface area contributed by atoms with Crippen molar-refractivity contribution in [2.75, 3.05) is 11.4 Å². The number of aryl methyl sites for hydroxylation is 1. The van der Waals surface area contributed by atoms with Crippen molar-refractivity contribution in [2.45, 2.75) is 32.1 Å². The van der Waals surface area contributed by atoms with Gasteiger partial charge in [0.15, 0.2) is 0 Å². The van der Waals surface area contributed by atoms with Crippen LogP contribution < -0.4 is 4.90 Å². The summed E-state index contributed by atoms with van der Waals surface area (Å²) in [5.41, 5.74) is 3.31. The minimum Gasteiger partial charge on any atom is -0.361 e. The Morgan fingerprint density at radius 1 is 1.24 bits per heavy atom. The van der Waals surface area contributed by atoms with E-state index >= 15 is 0 Å². The van der Waals surface area contributed by atoms with Gasteiger partial charge in [0.2, 0.25) is 5.91 Å². The maximum absolute atomic E-state index is 13.5. The molecule has 0 bridgehead atoms. The van der Waals surface area contributed by atoms with Gasteiger partial charge in [-0.15, -0.1) is 0 Å². The Balaban J connectivity index is 1.75. The zero-order valence-corrected chi connectivity index (χ0v) is 14.5.